The van der Waals surface area contributed by atoms with Crippen LogP contribution in [-0.4, -0.2) is 25.7 Å². The summed E-state index contributed by atoms with van der Waals surface area (Å²) >= 11 is 12.4. The zero-order valence-electron chi connectivity index (χ0n) is 13.6. The molecule has 4 rings (SSSR count). The van der Waals surface area contributed by atoms with E-state index in [0.717, 1.165) is 31.6 Å². The second-order valence-corrected chi connectivity index (χ2v) is 7.23. The molecule has 0 saturated carbocycles. The molecule has 25 heavy (non-hydrogen) atoms. The highest BCUT2D eigenvalue weighted by Crippen LogP contribution is 2.28. The third-order valence-electron chi connectivity index (χ3n) is 4.72. The zero-order valence-corrected chi connectivity index (χ0v) is 15.2. The lowest BCUT2D eigenvalue weighted by Gasteiger charge is -2.37. The third-order valence-corrected chi connectivity index (χ3v) is 5.30. The fraction of sp³-hybridized carbons (Fsp3) is 0.263. The van der Waals surface area contributed by atoms with Crippen LogP contribution in [0.5, 0.6) is 0 Å². The summed E-state index contributed by atoms with van der Waals surface area (Å²) in [4.78, 5) is 6.52. The first-order valence-corrected chi connectivity index (χ1v) is 9.02. The average molecular weight is 373 g/mol. The number of aromatic nitrogens is 3. The lowest BCUT2D eigenvalue weighted by molar-refractivity contribution is 0.142. The Morgan fingerprint density at radius 2 is 1.92 bits per heavy atom. The first kappa shape index (κ1) is 16.6. The summed E-state index contributed by atoms with van der Waals surface area (Å²) in [5, 5.41) is 5.65. The van der Waals surface area contributed by atoms with Gasteiger partial charge in [0.2, 0.25) is 0 Å². The van der Waals surface area contributed by atoms with E-state index in [1.54, 1.807) is 12.7 Å². The second kappa shape index (κ2) is 7.16. The summed E-state index contributed by atoms with van der Waals surface area (Å²) in [6, 6.07) is 14.7. The molecular formula is C19H18Cl2N4. The smallest absolute Gasteiger partial charge is 0.137 e. The summed E-state index contributed by atoms with van der Waals surface area (Å²) in [5.74, 6) is 0. The molecule has 2 aromatic carbocycles. The predicted molar refractivity (Wildman–Crippen MR) is 99.7 cm³/mol. The van der Waals surface area contributed by atoms with Gasteiger partial charge in [0.1, 0.15) is 12.7 Å². The van der Waals surface area contributed by atoms with Crippen molar-refractivity contribution in [3.8, 4) is 0 Å². The van der Waals surface area contributed by atoms with Crippen molar-refractivity contribution < 1.29 is 0 Å². The molecule has 6 heteroatoms. The van der Waals surface area contributed by atoms with Crippen LogP contribution in [0.2, 0.25) is 10.0 Å². The number of fused-ring (bicyclic) bond motifs is 1. The Labute approximate surface area is 157 Å². The molecular weight excluding hydrogens is 355 g/mol. The standard InChI is InChI=1S/C19H18Cl2N4/c20-17-6-5-16(19(21)8-17)10-24-9-15-4-2-1-3-14(15)7-18(24)11-25-13-22-12-23-25/h1-6,8,12-13,18H,7,9-11H2. The molecule has 0 spiro atoms. The van der Waals surface area contributed by atoms with Crippen LogP contribution in [0.15, 0.2) is 55.1 Å². The van der Waals surface area contributed by atoms with Gasteiger partial charge in [-0.2, -0.15) is 5.10 Å². The number of halogens is 2. The van der Waals surface area contributed by atoms with Crippen molar-refractivity contribution in [3.05, 3.63) is 81.9 Å². The van der Waals surface area contributed by atoms with E-state index in [4.69, 9.17) is 23.2 Å². The fourth-order valence-corrected chi connectivity index (χ4v) is 3.89. The van der Waals surface area contributed by atoms with E-state index >= 15 is 0 Å². The lowest BCUT2D eigenvalue weighted by Crippen LogP contribution is -2.42. The van der Waals surface area contributed by atoms with Gasteiger partial charge in [-0.25, -0.2) is 4.98 Å². The van der Waals surface area contributed by atoms with Crippen LogP contribution in [0.1, 0.15) is 16.7 Å². The van der Waals surface area contributed by atoms with Crippen molar-refractivity contribution in [1.82, 2.24) is 19.7 Å². The molecule has 0 saturated heterocycles. The molecule has 0 N–H and O–H groups in total. The maximum atomic E-state index is 6.40. The molecule has 1 aliphatic rings. The highest BCUT2D eigenvalue weighted by molar-refractivity contribution is 6.35. The molecule has 0 fully saturated rings. The molecule has 4 nitrogen and oxygen atoms in total. The molecule has 3 aromatic rings. The first-order chi connectivity index (χ1) is 12.2. The van der Waals surface area contributed by atoms with Crippen LogP contribution in [0, 0.1) is 0 Å². The summed E-state index contributed by atoms with van der Waals surface area (Å²) in [6.45, 7) is 2.48. The maximum Gasteiger partial charge on any atom is 0.137 e. The van der Waals surface area contributed by atoms with Gasteiger partial charge in [-0.3, -0.25) is 9.58 Å². The third kappa shape index (κ3) is 3.71. The Morgan fingerprint density at radius 1 is 1.08 bits per heavy atom. The Kier molecular flexibility index (Phi) is 4.75. The van der Waals surface area contributed by atoms with Crippen LogP contribution in [0.3, 0.4) is 0 Å². The van der Waals surface area contributed by atoms with E-state index in [1.807, 2.05) is 22.9 Å². The van der Waals surface area contributed by atoms with E-state index in [0.29, 0.717) is 16.1 Å². The van der Waals surface area contributed by atoms with Crippen molar-refractivity contribution in [1.29, 1.82) is 0 Å². The molecule has 2 heterocycles. The van der Waals surface area contributed by atoms with E-state index < -0.39 is 0 Å². The summed E-state index contributed by atoms with van der Waals surface area (Å²) < 4.78 is 1.90. The Balaban J connectivity index is 1.62. The summed E-state index contributed by atoms with van der Waals surface area (Å²) in [7, 11) is 0. The summed E-state index contributed by atoms with van der Waals surface area (Å²) in [6.07, 6.45) is 4.34. The van der Waals surface area contributed by atoms with Crippen molar-refractivity contribution in [2.75, 3.05) is 0 Å². The van der Waals surface area contributed by atoms with Crippen molar-refractivity contribution in [2.24, 2.45) is 0 Å². The average Bonchev–Trinajstić information content (AvgIpc) is 3.11. The van der Waals surface area contributed by atoms with Crippen LogP contribution < -0.4 is 0 Å². The van der Waals surface area contributed by atoms with Crippen LogP contribution in [0.25, 0.3) is 0 Å². The van der Waals surface area contributed by atoms with Gasteiger partial charge in [0, 0.05) is 29.2 Å². The highest BCUT2D eigenvalue weighted by atomic mass is 35.5. The van der Waals surface area contributed by atoms with Gasteiger partial charge in [0.25, 0.3) is 0 Å². The monoisotopic (exact) mass is 372 g/mol. The quantitative estimate of drug-likeness (QED) is 0.687. The van der Waals surface area contributed by atoms with Gasteiger partial charge in [0.15, 0.2) is 0 Å². The van der Waals surface area contributed by atoms with Crippen LogP contribution >= 0.6 is 23.2 Å². The van der Waals surface area contributed by atoms with Crippen LogP contribution in [0.4, 0.5) is 0 Å². The van der Waals surface area contributed by atoms with Crippen LogP contribution in [-0.2, 0) is 26.1 Å². The number of hydrogen-bond donors (Lipinski definition) is 0. The first-order valence-electron chi connectivity index (χ1n) is 8.26. The molecule has 1 unspecified atom stereocenters. The predicted octanol–water partition coefficient (Wildman–Crippen LogP) is 4.21. The molecule has 1 atom stereocenters. The molecule has 0 bridgehead atoms. The second-order valence-electron chi connectivity index (χ2n) is 6.38. The number of nitrogens with zero attached hydrogens (tertiary/aromatic N) is 4. The molecule has 1 aliphatic heterocycles. The normalized spacial score (nSPS) is 17.4. The molecule has 0 radical (unpaired) electrons. The van der Waals surface area contributed by atoms with Gasteiger partial charge in [-0.15, -0.1) is 0 Å². The number of rotatable bonds is 4. The minimum Gasteiger partial charge on any atom is -0.290 e. The molecule has 0 aliphatic carbocycles. The van der Waals surface area contributed by atoms with Crippen molar-refractivity contribution in [2.45, 2.75) is 32.1 Å². The van der Waals surface area contributed by atoms with Crippen molar-refractivity contribution >= 4 is 23.2 Å². The van der Waals surface area contributed by atoms with Gasteiger partial charge < -0.3 is 0 Å². The highest BCUT2D eigenvalue weighted by Gasteiger charge is 2.27. The largest absolute Gasteiger partial charge is 0.290 e. The number of benzene rings is 2. The molecule has 128 valence electrons. The fourth-order valence-electron chi connectivity index (χ4n) is 3.42. The lowest BCUT2D eigenvalue weighted by atomic mass is 9.93. The van der Waals surface area contributed by atoms with E-state index in [9.17, 15) is 0 Å². The van der Waals surface area contributed by atoms with E-state index in [-0.39, 0.29) is 0 Å². The topological polar surface area (TPSA) is 34.0 Å². The van der Waals surface area contributed by atoms with Gasteiger partial charge in [-0.1, -0.05) is 53.5 Å². The van der Waals surface area contributed by atoms with Gasteiger partial charge in [0.05, 0.1) is 6.54 Å². The molecule has 1 aromatic heterocycles. The Hall–Kier alpha value is -1.88. The SMILES string of the molecule is Clc1ccc(CN2Cc3ccccc3CC2Cn2cncn2)c(Cl)c1. The maximum absolute atomic E-state index is 6.40. The minimum absolute atomic E-state index is 0.336. The minimum atomic E-state index is 0.336. The summed E-state index contributed by atoms with van der Waals surface area (Å²) in [5.41, 5.74) is 3.88. The van der Waals surface area contributed by atoms with E-state index in [1.165, 1.54) is 11.1 Å². The Morgan fingerprint density at radius 3 is 2.68 bits per heavy atom. The van der Waals surface area contributed by atoms with Gasteiger partial charge in [-0.05, 0) is 35.2 Å². The van der Waals surface area contributed by atoms with Gasteiger partial charge >= 0.3 is 0 Å². The molecule has 0 amide bonds. The van der Waals surface area contributed by atoms with E-state index in [2.05, 4.69) is 39.2 Å². The Bertz CT molecular complexity index is 864. The number of hydrogen-bond acceptors (Lipinski definition) is 3. The zero-order chi connectivity index (χ0) is 17.2. The van der Waals surface area contributed by atoms with Crippen molar-refractivity contribution in [3.63, 3.8) is 0 Å².